The van der Waals surface area contributed by atoms with Crippen molar-refractivity contribution in [2.75, 3.05) is 13.7 Å². The Morgan fingerprint density at radius 2 is 1.68 bits per heavy atom. The van der Waals surface area contributed by atoms with Gasteiger partial charge >= 0.3 is 0 Å². The van der Waals surface area contributed by atoms with Gasteiger partial charge in [0.1, 0.15) is 0 Å². The molecule has 0 aliphatic carbocycles. The van der Waals surface area contributed by atoms with Crippen molar-refractivity contribution in [3.05, 3.63) is 71.8 Å². The summed E-state index contributed by atoms with van der Waals surface area (Å²) in [5, 5.41) is 2.97. The third kappa shape index (κ3) is 4.57. The highest BCUT2D eigenvalue weighted by molar-refractivity contribution is 6.24. The molecule has 1 amide bonds. The predicted octanol–water partition coefficient (Wildman–Crippen LogP) is 3.38. The smallest absolute Gasteiger partial charge is 0.252 e. The maximum atomic E-state index is 12.6. The molecule has 0 heterocycles. The first-order valence-corrected chi connectivity index (χ1v) is 7.32. The topological polar surface area (TPSA) is 38.3 Å². The van der Waals surface area contributed by atoms with Crippen molar-refractivity contribution in [1.82, 2.24) is 5.32 Å². The monoisotopic (exact) mass is 295 g/mol. The molecular formula is C19H21NO2. The van der Waals surface area contributed by atoms with Gasteiger partial charge in [-0.25, -0.2) is 0 Å². The summed E-state index contributed by atoms with van der Waals surface area (Å²) in [5.74, 6) is -0.0976. The molecule has 0 saturated carbocycles. The Hall–Kier alpha value is -2.39. The summed E-state index contributed by atoms with van der Waals surface area (Å²) in [6.45, 7) is 2.41. The van der Waals surface area contributed by atoms with Crippen molar-refractivity contribution in [3.8, 4) is 0 Å². The number of hydrogen-bond acceptors (Lipinski definition) is 2. The van der Waals surface area contributed by atoms with Crippen molar-refractivity contribution < 1.29 is 9.53 Å². The van der Waals surface area contributed by atoms with Crippen molar-refractivity contribution >= 4 is 17.6 Å². The third-order valence-electron chi connectivity index (χ3n) is 3.23. The Morgan fingerprint density at radius 1 is 1.09 bits per heavy atom. The lowest BCUT2D eigenvalue weighted by atomic mass is 10.0. The minimum absolute atomic E-state index is 0.0413. The highest BCUT2D eigenvalue weighted by Gasteiger charge is 2.14. The normalized spacial score (nSPS) is 12.7. The fourth-order valence-corrected chi connectivity index (χ4v) is 2.21. The van der Waals surface area contributed by atoms with Crippen LogP contribution in [0.1, 0.15) is 18.1 Å². The first kappa shape index (κ1) is 16.0. The molecule has 3 heteroatoms. The zero-order valence-corrected chi connectivity index (χ0v) is 13.0. The third-order valence-corrected chi connectivity index (χ3v) is 3.23. The van der Waals surface area contributed by atoms with Gasteiger partial charge in [0.05, 0.1) is 6.61 Å². The average Bonchev–Trinajstić information content (AvgIpc) is 2.54. The highest BCUT2D eigenvalue weighted by atomic mass is 16.5. The number of methoxy groups -OCH3 is 1. The van der Waals surface area contributed by atoms with E-state index in [1.165, 1.54) is 0 Å². The molecule has 0 saturated heterocycles. The van der Waals surface area contributed by atoms with Gasteiger partial charge in [0.15, 0.2) is 0 Å². The fourth-order valence-electron chi connectivity index (χ4n) is 2.21. The zero-order chi connectivity index (χ0) is 15.8. The first-order valence-electron chi connectivity index (χ1n) is 7.32. The van der Waals surface area contributed by atoms with Gasteiger partial charge in [-0.3, -0.25) is 4.79 Å². The largest absolute Gasteiger partial charge is 0.383 e. The number of amides is 1. The van der Waals surface area contributed by atoms with E-state index >= 15 is 0 Å². The van der Waals surface area contributed by atoms with Gasteiger partial charge in [-0.2, -0.15) is 0 Å². The summed E-state index contributed by atoms with van der Waals surface area (Å²) in [5.41, 5.74) is 2.54. The predicted molar refractivity (Wildman–Crippen MR) is 90.2 cm³/mol. The Labute approximate surface area is 131 Å². The molecule has 114 valence electrons. The van der Waals surface area contributed by atoms with E-state index in [1.807, 2.05) is 73.7 Å². The lowest BCUT2D eigenvalue weighted by molar-refractivity contribution is -0.116. The summed E-state index contributed by atoms with van der Waals surface area (Å²) in [7, 11) is 1.63. The number of carbonyl (C=O) groups excluding carboxylic acids is 1. The van der Waals surface area contributed by atoms with Crippen LogP contribution in [0.15, 0.2) is 60.7 Å². The molecule has 22 heavy (non-hydrogen) atoms. The molecule has 0 spiro atoms. The van der Waals surface area contributed by atoms with Crippen LogP contribution in [0.2, 0.25) is 0 Å². The molecule has 0 aliphatic rings. The van der Waals surface area contributed by atoms with Crippen LogP contribution in [0, 0.1) is 0 Å². The number of hydrogen-bond donors (Lipinski definition) is 1. The quantitative estimate of drug-likeness (QED) is 0.655. The number of nitrogens with one attached hydrogen (secondary N) is 1. The summed E-state index contributed by atoms with van der Waals surface area (Å²) in [6, 6.07) is 19.5. The van der Waals surface area contributed by atoms with E-state index in [2.05, 4.69) is 5.32 Å². The van der Waals surface area contributed by atoms with Crippen LogP contribution in [0.25, 0.3) is 11.6 Å². The molecule has 0 radical (unpaired) electrons. The number of carbonyl (C=O) groups is 1. The minimum atomic E-state index is -0.0976. The van der Waals surface area contributed by atoms with Crippen molar-refractivity contribution in [2.45, 2.75) is 13.0 Å². The first-order chi connectivity index (χ1) is 10.7. The van der Waals surface area contributed by atoms with Crippen LogP contribution in [-0.4, -0.2) is 25.7 Å². The molecule has 3 nitrogen and oxygen atoms in total. The van der Waals surface area contributed by atoms with E-state index in [1.54, 1.807) is 7.11 Å². The van der Waals surface area contributed by atoms with Crippen LogP contribution < -0.4 is 5.32 Å². The van der Waals surface area contributed by atoms with Crippen LogP contribution in [-0.2, 0) is 9.53 Å². The van der Waals surface area contributed by atoms with Gasteiger partial charge in [-0.05, 0) is 24.1 Å². The number of ether oxygens (including phenoxy) is 1. The van der Waals surface area contributed by atoms with E-state index in [4.69, 9.17) is 4.74 Å². The maximum Gasteiger partial charge on any atom is 0.252 e. The number of rotatable bonds is 6. The van der Waals surface area contributed by atoms with Gasteiger partial charge < -0.3 is 10.1 Å². The summed E-state index contributed by atoms with van der Waals surface area (Å²) in [6.07, 6.45) is 1.91. The van der Waals surface area contributed by atoms with Crippen LogP contribution >= 0.6 is 0 Å². The summed E-state index contributed by atoms with van der Waals surface area (Å²) in [4.78, 5) is 12.6. The van der Waals surface area contributed by atoms with Crippen LogP contribution in [0.3, 0.4) is 0 Å². The van der Waals surface area contributed by atoms with Gasteiger partial charge in [-0.1, -0.05) is 60.7 Å². The second-order valence-corrected chi connectivity index (χ2v) is 5.16. The molecule has 0 bridgehead atoms. The van der Waals surface area contributed by atoms with Gasteiger partial charge in [0.2, 0.25) is 0 Å². The van der Waals surface area contributed by atoms with Crippen molar-refractivity contribution in [2.24, 2.45) is 0 Å². The molecular weight excluding hydrogens is 274 g/mol. The van der Waals surface area contributed by atoms with E-state index in [0.29, 0.717) is 12.2 Å². The van der Waals surface area contributed by atoms with Crippen molar-refractivity contribution in [3.63, 3.8) is 0 Å². The Balaban J connectivity index is 2.30. The Kier molecular flexibility index (Phi) is 5.92. The molecule has 2 aromatic carbocycles. The average molecular weight is 295 g/mol. The zero-order valence-electron chi connectivity index (χ0n) is 13.0. The van der Waals surface area contributed by atoms with Gasteiger partial charge in [-0.15, -0.1) is 0 Å². The Morgan fingerprint density at radius 3 is 2.27 bits per heavy atom. The molecule has 0 unspecified atom stereocenters. The second kappa shape index (κ2) is 8.15. The van der Waals surface area contributed by atoms with E-state index in [9.17, 15) is 4.79 Å². The molecule has 1 atom stereocenters. The number of benzene rings is 2. The lowest BCUT2D eigenvalue weighted by Gasteiger charge is -2.15. The molecule has 0 aromatic heterocycles. The Bertz CT molecular complexity index is 620. The lowest BCUT2D eigenvalue weighted by Crippen LogP contribution is -2.36. The SMILES string of the molecule is COC[C@@H](C)NC(=O)/C(=C\c1ccccc1)c1ccccc1. The second-order valence-electron chi connectivity index (χ2n) is 5.16. The van der Waals surface area contributed by atoms with Gasteiger partial charge in [0, 0.05) is 18.7 Å². The summed E-state index contributed by atoms with van der Waals surface area (Å²) >= 11 is 0. The van der Waals surface area contributed by atoms with Gasteiger partial charge in [0.25, 0.3) is 5.91 Å². The van der Waals surface area contributed by atoms with E-state index in [-0.39, 0.29) is 11.9 Å². The molecule has 0 aliphatic heterocycles. The molecule has 2 aromatic rings. The minimum Gasteiger partial charge on any atom is -0.383 e. The van der Waals surface area contributed by atoms with Crippen LogP contribution in [0.5, 0.6) is 0 Å². The van der Waals surface area contributed by atoms with E-state index < -0.39 is 0 Å². The van der Waals surface area contributed by atoms with Crippen molar-refractivity contribution in [1.29, 1.82) is 0 Å². The van der Waals surface area contributed by atoms with Crippen LogP contribution in [0.4, 0.5) is 0 Å². The fraction of sp³-hybridized carbons (Fsp3) is 0.211. The summed E-state index contributed by atoms with van der Waals surface area (Å²) < 4.78 is 5.07. The van der Waals surface area contributed by atoms with E-state index in [0.717, 1.165) is 11.1 Å². The molecule has 2 rings (SSSR count). The standard InChI is InChI=1S/C19H21NO2/c1-15(14-22-2)20-19(21)18(17-11-7-4-8-12-17)13-16-9-5-3-6-10-16/h3-13,15H,14H2,1-2H3,(H,20,21)/b18-13-/t15-/m1/s1. The molecule has 0 fully saturated rings. The maximum absolute atomic E-state index is 12.6. The highest BCUT2D eigenvalue weighted by Crippen LogP contribution is 2.18. The molecule has 1 N–H and O–H groups in total.